The predicted octanol–water partition coefficient (Wildman–Crippen LogP) is 1.97. The summed E-state index contributed by atoms with van der Waals surface area (Å²) < 4.78 is 7.06. The standard InChI is InChI=1S/C16H24N4O2/c1-5-20-13(4)15(12(3)19-20)10-14(11-17)16(21)18-8-7-9-22-6-2/h10H,5-9H2,1-4H3,(H,18,21)/b14-10+. The monoisotopic (exact) mass is 304 g/mol. The highest BCUT2D eigenvalue weighted by atomic mass is 16.5. The molecule has 0 aromatic carbocycles. The highest BCUT2D eigenvalue weighted by molar-refractivity contribution is 6.01. The van der Waals surface area contributed by atoms with Crippen LogP contribution in [0.4, 0.5) is 0 Å². The van der Waals surface area contributed by atoms with E-state index in [1.165, 1.54) is 0 Å². The third-order valence-corrected chi connectivity index (χ3v) is 3.35. The first kappa shape index (κ1) is 17.9. The van der Waals surface area contributed by atoms with Crippen LogP contribution < -0.4 is 5.32 Å². The zero-order valence-electron chi connectivity index (χ0n) is 13.8. The van der Waals surface area contributed by atoms with Crippen molar-refractivity contribution in [3.05, 3.63) is 22.5 Å². The fourth-order valence-corrected chi connectivity index (χ4v) is 2.14. The molecule has 0 fully saturated rings. The summed E-state index contributed by atoms with van der Waals surface area (Å²) in [6.45, 7) is 10.3. The largest absolute Gasteiger partial charge is 0.382 e. The van der Waals surface area contributed by atoms with Crippen LogP contribution in [0.25, 0.3) is 6.08 Å². The van der Waals surface area contributed by atoms with Crippen molar-refractivity contribution in [3.8, 4) is 6.07 Å². The minimum absolute atomic E-state index is 0.0956. The number of nitriles is 1. The first-order valence-electron chi connectivity index (χ1n) is 7.56. The van der Waals surface area contributed by atoms with Crippen LogP contribution in [0.3, 0.4) is 0 Å². The average molecular weight is 304 g/mol. The lowest BCUT2D eigenvalue weighted by Crippen LogP contribution is -2.26. The molecule has 1 amide bonds. The molecule has 0 aliphatic heterocycles. The van der Waals surface area contributed by atoms with Gasteiger partial charge in [0.25, 0.3) is 5.91 Å². The second-order valence-corrected chi connectivity index (χ2v) is 4.88. The van der Waals surface area contributed by atoms with E-state index in [0.29, 0.717) is 19.8 Å². The number of hydrogen-bond acceptors (Lipinski definition) is 4. The molecule has 22 heavy (non-hydrogen) atoms. The number of rotatable bonds is 8. The molecule has 1 aromatic rings. The molecule has 120 valence electrons. The van der Waals surface area contributed by atoms with Crippen molar-refractivity contribution in [2.45, 2.75) is 40.7 Å². The Bertz CT molecular complexity index is 582. The lowest BCUT2D eigenvalue weighted by molar-refractivity contribution is -0.117. The van der Waals surface area contributed by atoms with Gasteiger partial charge in [-0.15, -0.1) is 0 Å². The Labute approximate surface area is 131 Å². The maximum absolute atomic E-state index is 12.0. The van der Waals surface area contributed by atoms with Crippen LogP contribution in [0.5, 0.6) is 0 Å². The fourth-order valence-electron chi connectivity index (χ4n) is 2.14. The van der Waals surface area contributed by atoms with Gasteiger partial charge < -0.3 is 10.1 Å². The van der Waals surface area contributed by atoms with Crippen molar-refractivity contribution < 1.29 is 9.53 Å². The number of hydrogen-bond donors (Lipinski definition) is 1. The minimum atomic E-state index is -0.359. The maximum atomic E-state index is 12.0. The summed E-state index contributed by atoms with van der Waals surface area (Å²) in [7, 11) is 0. The number of carbonyl (C=O) groups excluding carboxylic acids is 1. The molecule has 1 N–H and O–H groups in total. The molecule has 1 aromatic heterocycles. The summed E-state index contributed by atoms with van der Waals surface area (Å²) in [6, 6.07) is 1.96. The van der Waals surface area contributed by atoms with E-state index >= 15 is 0 Å². The Morgan fingerprint density at radius 3 is 2.73 bits per heavy atom. The van der Waals surface area contributed by atoms with Crippen LogP contribution >= 0.6 is 0 Å². The van der Waals surface area contributed by atoms with E-state index < -0.39 is 0 Å². The van der Waals surface area contributed by atoms with Crippen molar-refractivity contribution in [3.63, 3.8) is 0 Å². The van der Waals surface area contributed by atoms with Crippen LogP contribution in [0.15, 0.2) is 5.57 Å². The Morgan fingerprint density at radius 1 is 1.45 bits per heavy atom. The van der Waals surface area contributed by atoms with Crippen molar-refractivity contribution >= 4 is 12.0 Å². The first-order chi connectivity index (χ1) is 10.5. The number of carbonyl (C=O) groups is 1. The molecule has 0 radical (unpaired) electrons. The van der Waals surface area contributed by atoms with E-state index in [1.54, 1.807) is 6.08 Å². The number of nitrogens with zero attached hydrogens (tertiary/aromatic N) is 3. The van der Waals surface area contributed by atoms with Gasteiger partial charge in [-0.2, -0.15) is 10.4 Å². The Hall–Kier alpha value is -2.13. The van der Waals surface area contributed by atoms with Crippen LogP contribution in [0.2, 0.25) is 0 Å². The lowest BCUT2D eigenvalue weighted by Gasteiger charge is -2.05. The Kier molecular flexibility index (Phi) is 7.33. The molecular formula is C16H24N4O2. The molecule has 0 aliphatic carbocycles. The van der Waals surface area contributed by atoms with Gasteiger partial charge >= 0.3 is 0 Å². The SMILES string of the molecule is CCOCCCNC(=O)/C(C#N)=C/c1c(C)nn(CC)c1C. The van der Waals surface area contributed by atoms with E-state index in [4.69, 9.17) is 4.74 Å². The van der Waals surface area contributed by atoms with Gasteiger partial charge in [-0.3, -0.25) is 9.48 Å². The first-order valence-corrected chi connectivity index (χ1v) is 7.56. The van der Waals surface area contributed by atoms with E-state index in [1.807, 2.05) is 38.4 Å². The van der Waals surface area contributed by atoms with Gasteiger partial charge in [0.2, 0.25) is 0 Å². The summed E-state index contributed by atoms with van der Waals surface area (Å²) in [6.07, 6.45) is 2.34. The van der Waals surface area contributed by atoms with Crippen molar-refractivity contribution in [2.75, 3.05) is 19.8 Å². The Morgan fingerprint density at radius 2 is 2.18 bits per heavy atom. The van der Waals surface area contributed by atoms with E-state index in [9.17, 15) is 10.1 Å². The van der Waals surface area contributed by atoms with E-state index in [0.717, 1.165) is 29.9 Å². The van der Waals surface area contributed by atoms with Crippen LogP contribution in [0.1, 0.15) is 37.2 Å². The van der Waals surface area contributed by atoms with E-state index in [2.05, 4.69) is 10.4 Å². The summed E-state index contributed by atoms with van der Waals surface area (Å²) in [5.41, 5.74) is 2.70. The van der Waals surface area contributed by atoms with Gasteiger partial charge in [0.05, 0.1) is 5.69 Å². The number of aromatic nitrogens is 2. The molecule has 1 heterocycles. The number of amides is 1. The molecule has 1 rings (SSSR count). The zero-order chi connectivity index (χ0) is 16.5. The summed E-state index contributed by atoms with van der Waals surface area (Å²) >= 11 is 0. The van der Waals surface area contributed by atoms with E-state index in [-0.39, 0.29) is 11.5 Å². The highest BCUT2D eigenvalue weighted by Gasteiger charge is 2.13. The summed E-state index contributed by atoms with van der Waals surface area (Å²) in [4.78, 5) is 12.0. The number of nitrogens with one attached hydrogen (secondary N) is 1. The lowest BCUT2D eigenvalue weighted by atomic mass is 10.1. The number of aryl methyl sites for hydroxylation is 2. The molecule has 0 bridgehead atoms. The molecule has 6 nitrogen and oxygen atoms in total. The van der Waals surface area contributed by atoms with Crippen LogP contribution in [-0.2, 0) is 16.1 Å². The number of ether oxygens (including phenoxy) is 1. The minimum Gasteiger partial charge on any atom is -0.382 e. The summed E-state index contributed by atoms with van der Waals surface area (Å²) in [5.74, 6) is -0.359. The van der Waals surface area contributed by atoms with Gasteiger partial charge in [-0.05, 0) is 40.2 Å². The van der Waals surface area contributed by atoms with Crippen molar-refractivity contribution in [2.24, 2.45) is 0 Å². The molecule has 0 aliphatic rings. The van der Waals surface area contributed by atoms with Gasteiger partial charge in [-0.1, -0.05) is 0 Å². The average Bonchev–Trinajstić information content (AvgIpc) is 2.78. The van der Waals surface area contributed by atoms with Crippen molar-refractivity contribution in [1.29, 1.82) is 5.26 Å². The third-order valence-electron chi connectivity index (χ3n) is 3.35. The quantitative estimate of drug-likeness (QED) is 0.452. The second kappa shape index (κ2) is 9.00. The van der Waals surface area contributed by atoms with Crippen molar-refractivity contribution in [1.82, 2.24) is 15.1 Å². The molecule has 0 saturated carbocycles. The molecular weight excluding hydrogens is 280 g/mol. The maximum Gasteiger partial charge on any atom is 0.261 e. The molecule has 0 unspecified atom stereocenters. The summed E-state index contributed by atoms with van der Waals surface area (Å²) in [5, 5.41) is 16.3. The van der Waals surface area contributed by atoms with Gasteiger partial charge in [0.1, 0.15) is 11.6 Å². The van der Waals surface area contributed by atoms with Gasteiger partial charge in [0, 0.05) is 37.6 Å². The fraction of sp³-hybridized carbons (Fsp3) is 0.562. The normalized spacial score (nSPS) is 11.3. The van der Waals surface area contributed by atoms with Gasteiger partial charge in [0.15, 0.2) is 0 Å². The topological polar surface area (TPSA) is 79.9 Å². The molecule has 0 saturated heterocycles. The zero-order valence-corrected chi connectivity index (χ0v) is 13.8. The Balaban J connectivity index is 2.77. The van der Waals surface area contributed by atoms with Crippen LogP contribution in [0, 0.1) is 25.2 Å². The molecule has 6 heteroatoms. The molecule has 0 atom stereocenters. The molecule has 0 spiro atoms. The predicted molar refractivity (Wildman–Crippen MR) is 85.1 cm³/mol. The van der Waals surface area contributed by atoms with Crippen LogP contribution in [-0.4, -0.2) is 35.4 Å². The third kappa shape index (κ3) is 4.71. The smallest absolute Gasteiger partial charge is 0.261 e. The second-order valence-electron chi connectivity index (χ2n) is 4.88. The van der Waals surface area contributed by atoms with Gasteiger partial charge in [-0.25, -0.2) is 0 Å². The highest BCUT2D eigenvalue weighted by Crippen LogP contribution is 2.16.